The van der Waals surface area contributed by atoms with E-state index >= 15 is 0 Å². The van der Waals surface area contributed by atoms with Crippen molar-refractivity contribution in [2.45, 2.75) is 0 Å². The highest BCUT2D eigenvalue weighted by atomic mass is 35.5. The van der Waals surface area contributed by atoms with Crippen LogP contribution in [0.2, 0.25) is 10.0 Å². The van der Waals surface area contributed by atoms with E-state index in [2.05, 4.69) is 15.5 Å². The minimum absolute atomic E-state index is 0.130. The first kappa shape index (κ1) is 27.2. The van der Waals surface area contributed by atoms with Crippen molar-refractivity contribution in [3.63, 3.8) is 0 Å². The predicted molar refractivity (Wildman–Crippen MR) is 153 cm³/mol. The minimum atomic E-state index is -3.22. The van der Waals surface area contributed by atoms with Gasteiger partial charge in [-0.1, -0.05) is 35.3 Å². The number of hydrogen-bond acceptors (Lipinski definition) is 6. The molecule has 0 unspecified atom stereocenters. The molecule has 0 atom stereocenters. The number of carbonyl (C=O) groups excluding carboxylic acids is 1. The molecule has 2 aromatic carbocycles. The third-order valence-electron chi connectivity index (χ3n) is 5.66. The van der Waals surface area contributed by atoms with E-state index < -0.39 is 15.9 Å². The summed E-state index contributed by atoms with van der Waals surface area (Å²) in [6.45, 7) is 1.88. The second-order valence-electron chi connectivity index (χ2n) is 8.27. The molecule has 1 fully saturated rings. The van der Waals surface area contributed by atoms with Gasteiger partial charge in [0.05, 0.1) is 22.7 Å². The number of thiocarbonyl (C=S) groups is 1. The highest BCUT2D eigenvalue weighted by molar-refractivity contribution is 7.88. The zero-order valence-electron chi connectivity index (χ0n) is 19.8. The van der Waals surface area contributed by atoms with Gasteiger partial charge >= 0.3 is 0 Å². The van der Waals surface area contributed by atoms with Crippen molar-refractivity contribution in [1.29, 1.82) is 0 Å². The molecule has 0 spiro atoms. The lowest BCUT2D eigenvalue weighted by atomic mass is 10.2. The van der Waals surface area contributed by atoms with Gasteiger partial charge in [0.25, 0.3) is 0 Å². The Balaban J connectivity index is 1.35. The lowest BCUT2D eigenvalue weighted by Crippen LogP contribution is -2.48. The van der Waals surface area contributed by atoms with Gasteiger partial charge in [0.15, 0.2) is 5.11 Å². The Bertz CT molecular complexity index is 1450. The maximum absolute atomic E-state index is 12.4. The van der Waals surface area contributed by atoms with Gasteiger partial charge in [0.2, 0.25) is 15.9 Å². The Morgan fingerprint density at radius 2 is 1.78 bits per heavy atom. The van der Waals surface area contributed by atoms with E-state index in [9.17, 15) is 13.2 Å². The number of anilines is 2. The van der Waals surface area contributed by atoms with E-state index in [0.29, 0.717) is 59.0 Å². The second kappa shape index (κ2) is 11.7. The number of nitrogens with one attached hydrogen (secondary N) is 2. The number of sulfonamides is 1. The fraction of sp³-hybridized carbons (Fsp3) is 0.200. The van der Waals surface area contributed by atoms with Crippen molar-refractivity contribution in [1.82, 2.24) is 9.62 Å². The lowest BCUT2D eigenvalue weighted by molar-refractivity contribution is -0.115. The molecule has 0 radical (unpaired) electrons. The molecule has 1 aliphatic heterocycles. The molecular formula is C25H24Cl2N4O4S2. The maximum Gasteiger partial charge on any atom is 0.250 e. The Labute approximate surface area is 230 Å². The van der Waals surface area contributed by atoms with Gasteiger partial charge in [-0.05, 0) is 60.8 Å². The number of nitrogens with zero attached hydrogens (tertiary/aromatic N) is 2. The minimum Gasteiger partial charge on any atom is -0.457 e. The van der Waals surface area contributed by atoms with E-state index in [-0.39, 0.29) is 5.11 Å². The SMILES string of the molecule is CS(=O)(=O)N1CCN(c2ccccc2NC(=S)NC(=O)C=Cc2ccc(-c3ccc(Cl)cc3Cl)o2)CC1. The largest absolute Gasteiger partial charge is 0.457 e. The standard InChI is InChI=1S/C25H24Cl2N4O4S2/c1-37(33,34)31-14-12-30(13-15-31)22-5-3-2-4-21(22)28-25(36)29-24(32)11-8-18-7-10-23(35-18)19-9-6-17(26)16-20(19)27/h2-11,16H,12-15H2,1H3,(H2,28,29,32,36). The molecule has 37 heavy (non-hydrogen) atoms. The third kappa shape index (κ3) is 7.12. The van der Waals surface area contributed by atoms with E-state index in [0.717, 1.165) is 5.69 Å². The first-order valence-electron chi connectivity index (χ1n) is 11.2. The second-order valence-corrected chi connectivity index (χ2v) is 11.5. The Kier molecular flexibility index (Phi) is 8.56. The van der Waals surface area contributed by atoms with Crippen LogP contribution in [0.25, 0.3) is 17.4 Å². The van der Waals surface area contributed by atoms with E-state index in [1.165, 1.54) is 22.7 Å². The molecule has 2 heterocycles. The summed E-state index contributed by atoms with van der Waals surface area (Å²) in [4.78, 5) is 14.5. The van der Waals surface area contributed by atoms with Crippen LogP contribution in [0.3, 0.4) is 0 Å². The Morgan fingerprint density at radius 1 is 1.05 bits per heavy atom. The molecule has 0 aliphatic carbocycles. The van der Waals surface area contributed by atoms with Gasteiger partial charge in [0.1, 0.15) is 11.5 Å². The Morgan fingerprint density at radius 3 is 2.49 bits per heavy atom. The molecule has 2 N–H and O–H groups in total. The van der Waals surface area contributed by atoms with Crippen LogP contribution in [0.5, 0.6) is 0 Å². The number of halogens is 2. The van der Waals surface area contributed by atoms with Crippen molar-refractivity contribution in [2.75, 3.05) is 42.7 Å². The molecule has 4 rings (SSSR count). The van der Waals surface area contributed by atoms with Crippen LogP contribution >= 0.6 is 35.4 Å². The number of rotatable bonds is 6. The van der Waals surface area contributed by atoms with Gasteiger partial charge in [-0.2, -0.15) is 4.31 Å². The van der Waals surface area contributed by atoms with Crippen LogP contribution in [-0.4, -0.2) is 56.2 Å². The molecule has 8 nitrogen and oxygen atoms in total. The van der Waals surface area contributed by atoms with Gasteiger partial charge < -0.3 is 14.6 Å². The summed E-state index contributed by atoms with van der Waals surface area (Å²) in [5.74, 6) is 0.584. The highest BCUT2D eigenvalue weighted by Gasteiger charge is 2.24. The molecule has 0 bridgehead atoms. The van der Waals surface area contributed by atoms with Gasteiger partial charge in [-0.25, -0.2) is 8.42 Å². The normalized spacial score (nSPS) is 14.6. The molecule has 1 aromatic heterocycles. The van der Waals surface area contributed by atoms with Gasteiger partial charge in [0, 0.05) is 42.8 Å². The summed E-state index contributed by atoms with van der Waals surface area (Å²) >= 11 is 17.5. The first-order chi connectivity index (χ1) is 17.6. The molecule has 12 heteroatoms. The monoisotopic (exact) mass is 578 g/mol. The van der Waals surface area contributed by atoms with E-state index in [1.807, 2.05) is 24.3 Å². The van der Waals surface area contributed by atoms with Crippen LogP contribution in [0.15, 0.2) is 65.1 Å². The molecule has 0 saturated carbocycles. The summed E-state index contributed by atoms with van der Waals surface area (Å²) in [5.41, 5.74) is 2.27. The smallest absolute Gasteiger partial charge is 0.250 e. The molecule has 1 amide bonds. The number of hydrogen-bond donors (Lipinski definition) is 2. The summed E-state index contributed by atoms with van der Waals surface area (Å²) in [7, 11) is -3.22. The number of carbonyl (C=O) groups is 1. The van der Waals surface area contributed by atoms with Crippen molar-refractivity contribution in [2.24, 2.45) is 0 Å². The molecular weight excluding hydrogens is 555 g/mol. The van der Waals surface area contributed by atoms with Crippen LogP contribution in [-0.2, 0) is 14.8 Å². The number of amides is 1. The van der Waals surface area contributed by atoms with Gasteiger partial charge in [-0.3, -0.25) is 10.1 Å². The number of para-hydroxylation sites is 2. The Hall–Kier alpha value is -2.89. The van der Waals surface area contributed by atoms with Crippen molar-refractivity contribution in [3.8, 4) is 11.3 Å². The number of benzene rings is 2. The average molecular weight is 580 g/mol. The third-order valence-corrected chi connectivity index (χ3v) is 7.71. The zero-order valence-corrected chi connectivity index (χ0v) is 22.9. The summed E-state index contributed by atoms with van der Waals surface area (Å²) < 4.78 is 30.8. The van der Waals surface area contributed by atoms with Crippen molar-refractivity contribution in [3.05, 3.63) is 76.5 Å². The first-order valence-corrected chi connectivity index (χ1v) is 14.3. The molecule has 3 aromatic rings. The topological polar surface area (TPSA) is 94.9 Å². The van der Waals surface area contributed by atoms with Crippen molar-refractivity contribution >= 4 is 73.9 Å². The van der Waals surface area contributed by atoms with E-state index in [1.54, 1.807) is 30.3 Å². The number of furan rings is 1. The number of piperazine rings is 1. The molecule has 1 saturated heterocycles. The predicted octanol–water partition coefficient (Wildman–Crippen LogP) is 4.86. The van der Waals surface area contributed by atoms with Crippen molar-refractivity contribution < 1.29 is 17.6 Å². The fourth-order valence-corrected chi connectivity index (χ4v) is 5.40. The maximum atomic E-state index is 12.4. The zero-order chi connectivity index (χ0) is 26.6. The summed E-state index contributed by atoms with van der Waals surface area (Å²) in [5, 5.41) is 6.80. The van der Waals surface area contributed by atoms with Crippen LogP contribution in [0.4, 0.5) is 11.4 Å². The lowest BCUT2D eigenvalue weighted by Gasteiger charge is -2.35. The van der Waals surface area contributed by atoms with Gasteiger partial charge in [-0.15, -0.1) is 0 Å². The quantitative estimate of drug-likeness (QED) is 0.318. The van der Waals surface area contributed by atoms with Crippen LogP contribution < -0.4 is 15.5 Å². The fourth-order valence-electron chi connectivity index (χ4n) is 3.86. The molecule has 1 aliphatic rings. The van der Waals surface area contributed by atoms with Crippen LogP contribution in [0.1, 0.15) is 5.76 Å². The van der Waals surface area contributed by atoms with E-state index in [4.69, 9.17) is 39.8 Å². The molecule has 194 valence electrons. The summed E-state index contributed by atoms with van der Waals surface area (Å²) in [6.07, 6.45) is 4.06. The average Bonchev–Trinajstić information content (AvgIpc) is 3.31. The summed E-state index contributed by atoms with van der Waals surface area (Å²) in [6, 6.07) is 16.1. The van der Waals surface area contributed by atoms with Crippen LogP contribution in [0, 0.1) is 0 Å². The highest BCUT2D eigenvalue weighted by Crippen LogP contribution is 2.32.